The first-order valence-corrected chi connectivity index (χ1v) is 9.44. The maximum atomic E-state index is 12.7. The summed E-state index contributed by atoms with van der Waals surface area (Å²) in [5.41, 5.74) is 0.0363. The minimum absolute atomic E-state index is 0.0568. The van der Waals surface area contributed by atoms with Crippen molar-refractivity contribution in [2.75, 3.05) is 50.9 Å². The lowest BCUT2D eigenvalue weighted by Gasteiger charge is -2.46. The van der Waals surface area contributed by atoms with Gasteiger partial charge in [0.15, 0.2) is 0 Å². The summed E-state index contributed by atoms with van der Waals surface area (Å²) in [7, 11) is 0. The zero-order valence-electron chi connectivity index (χ0n) is 15.0. The van der Waals surface area contributed by atoms with E-state index >= 15 is 0 Å². The first-order chi connectivity index (χ1) is 12.7. The molecule has 4 rings (SSSR count). The van der Waals surface area contributed by atoms with Crippen molar-refractivity contribution in [2.24, 2.45) is 0 Å². The predicted molar refractivity (Wildman–Crippen MR) is 94.1 cm³/mol. The Morgan fingerprint density at radius 1 is 1.12 bits per heavy atom. The van der Waals surface area contributed by atoms with E-state index in [1.807, 2.05) is 4.90 Å². The fraction of sp³-hybridized carbons (Fsp3) is 0.722. The number of morpholine rings is 1. The van der Waals surface area contributed by atoms with Gasteiger partial charge in [-0.1, -0.05) is 0 Å². The summed E-state index contributed by atoms with van der Waals surface area (Å²) >= 11 is 0. The molecule has 3 aliphatic heterocycles. The van der Waals surface area contributed by atoms with Crippen LogP contribution in [0.2, 0.25) is 0 Å². The number of piperidine rings is 1. The SMILES string of the molecule is O=C(c1cnc(N2CCOCC2)nc1)N1CCC2(CC1)OCCC[C@H]2O. The molecule has 1 spiro atoms. The lowest BCUT2D eigenvalue weighted by molar-refractivity contribution is -0.174. The molecule has 3 fully saturated rings. The van der Waals surface area contributed by atoms with Crippen LogP contribution in [0.4, 0.5) is 5.95 Å². The van der Waals surface area contributed by atoms with Crippen molar-refractivity contribution in [2.45, 2.75) is 37.4 Å². The molecule has 1 amide bonds. The Labute approximate surface area is 153 Å². The fourth-order valence-electron chi connectivity index (χ4n) is 4.02. The largest absolute Gasteiger partial charge is 0.390 e. The minimum atomic E-state index is -0.467. The molecule has 1 N–H and O–H groups in total. The number of carbonyl (C=O) groups excluding carboxylic acids is 1. The Morgan fingerprint density at radius 2 is 1.81 bits per heavy atom. The standard InChI is InChI=1S/C18H26N4O4/c23-15-2-1-9-26-18(15)3-5-21(6-4-18)16(24)14-12-19-17(20-13-14)22-7-10-25-11-8-22/h12-13,15,23H,1-11H2/t15-/m1/s1. The average molecular weight is 362 g/mol. The van der Waals surface area contributed by atoms with Gasteiger partial charge in [0, 0.05) is 45.2 Å². The molecule has 3 saturated heterocycles. The molecule has 0 bridgehead atoms. The van der Waals surface area contributed by atoms with Crippen LogP contribution >= 0.6 is 0 Å². The van der Waals surface area contributed by atoms with Gasteiger partial charge in [0.25, 0.3) is 5.91 Å². The maximum Gasteiger partial charge on any atom is 0.256 e. The van der Waals surface area contributed by atoms with Crippen LogP contribution in [0.1, 0.15) is 36.0 Å². The van der Waals surface area contributed by atoms with Crippen molar-refractivity contribution >= 4 is 11.9 Å². The highest BCUT2D eigenvalue weighted by molar-refractivity contribution is 5.93. The summed E-state index contributed by atoms with van der Waals surface area (Å²) in [6.07, 6.45) is 5.82. The second-order valence-corrected chi connectivity index (χ2v) is 7.23. The van der Waals surface area contributed by atoms with E-state index in [1.54, 1.807) is 12.4 Å². The van der Waals surface area contributed by atoms with Crippen molar-refractivity contribution in [3.8, 4) is 0 Å². The molecule has 1 aromatic rings. The van der Waals surface area contributed by atoms with Crippen LogP contribution in [-0.4, -0.2) is 83.6 Å². The first kappa shape index (κ1) is 17.6. The predicted octanol–water partition coefficient (Wildman–Crippen LogP) is 0.459. The molecule has 142 valence electrons. The summed E-state index contributed by atoms with van der Waals surface area (Å²) in [6, 6.07) is 0. The smallest absolute Gasteiger partial charge is 0.256 e. The number of likely N-dealkylation sites (tertiary alicyclic amines) is 1. The van der Waals surface area contributed by atoms with Gasteiger partial charge < -0.3 is 24.4 Å². The molecule has 0 saturated carbocycles. The number of aliphatic hydroxyl groups excluding tert-OH is 1. The van der Waals surface area contributed by atoms with Gasteiger partial charge in [0.2, 0.25) is 5.95 Å². The normalized spacial score (nSPS) is 26.1. The van der Waals surface area contributed by atoms with Gasteiger partial charge in [-0.25, -0.2) is 9.97 Å². The minimum Gasteiger partial charge on any atom is -0.390 e. The summed E-state index contributed by atoms with van der Waals surface area (Å²) in [6.45, 7) is 4.75. The van der Waals surface area contributed by atoms with E-state index in [4.69, 9.17) is 9.47 Å². The zero-order chi connectivity index (χ0) is 18.0. The third-order valence-corrected chi connectivity index (χ3v) is 5.69. The number of rotatable bonds is 2. The van der Waals surface area contributed by atoms with Crippen LogP contribution < -0.4 is 4.90 Å². The molecule has 3 aliphatic rings. The van der Waals surface area contributed by atoms with Crippen LogP contribution in [0.3, 0.4) is 0 Å². The third-order valence-electron chi connectivity index (χ3n) is 5.69. The van der Waals surface area contributed by atoms with Crippen molar-refractivity contribution in [3.05, 3.63) is 18.0 Å². The Bertz CT molecular complexity index is 625. The number of aromatic nitrogens is 2. The van der Waals surface area contributed by atoms with Crippen LogP contribution in [0.5, 0.6) is 0 Å². The maximum absolute atomic E-state index is 12.7. The topological polar surface area (TPSA) is 88.0 Å². The van der Waals surface area contributed by atoms with E-state index in [2.05, 4.69) is 14.9 Å². The summed E-state index contributed by atoms with van der Waals surface area (Å²) in [5.74, 6) is 0.583. The molecule has 1 aromatic heterocycles. The molecule has 26 heavy (non-hydrogen) atoms. The van der Waals surface area contributed by atoms with Crippen molar-refractivity contribution < 1.29 is 19.4 Å². The summed E-state index contributed by atoms with van der Waals surface area (Å²) in [5, 5.41) is 10.3. The Hall–Kier alpha value is -1.77. The van der Waals surface area contributed by atoms with Gasteiger partial charge in [-0.05, 0) is 25.7 Å². The number of carbonyl (C=O) groups is 1. The summed E-state index contributed by atoms with van der Waals surface area (Å²) < 4.78 is 11.2. The molecular formula is C18H26N4O4. The molecular weight excluding hydrogens is 336 g/mol. The van der Waals surface area contributed by atoms with E-state index < -0.39 is 11.7 Å². The first-order valence-electron chi connectivity index (χ1n) is 9.44. The number of hydrogen-bond donors (Lipinski definition) is 1. The van der Waals surface area contributed by atoms with Gasteiger partial charge in [0.1, 0.15) is 0 Å². The number of aliphatic hydroxyl groups is 1. The number of nitrogens with zero attached hydrogens (tertiary/aromatic N) is 4. The van der Waals surface area contributed by atoms with E-state index in [9.17, 15) is 9.90 Å². The molecule has 8 nitrogen and oxygen atoms in total. The average Bonchev–Trinajstić information content (AvgIpc) is 2.71. The van der Waals surface area contributed by atoms with Crippen molar-refractivity contribution in [1.29, 1.82) is 0 Å². The van der Waals surface area contributed by atoms with Gasteiger partial charge in [-0.15, -0.1) is 0 Å². The second kappa shape index (κ2) is 7.46. The van der Waals surface area contributed by atoms with Gasteiger partial charge >= 0.3 is 0 Å². The van der Waals surface area contributed by atoms with Gasteiger partial charge in [0.05, 0.1) is 30.5 Å². The lowest BCUT2D eigenvalue weighted by atomic mass is 9.82. The van der Waals surface area contributed by atoms with Crippen LogP contribution in [-0.2, 0) is 9.47 Å². The van der Waals surface area contributed by atoms with Crippen LogP contribution in [0.25, 0.3) is 0 Å². The van der Waals surface area contributed by atoms with E-state index in [0.29, 0.717) is 57.3 Å². The van der Waals surface area contributed by atoms with E-state index in [-0.39, 0.29) is 5.91 Å². The summed E-state index contributed by atoms with van der Waals surface area (Å²) in [4.78, 5) is 25.3. The monoisotopic (exact) mass is 362 g/mol. The quantitative estimate of drug-likeness (QED) is 0.818. The van der Waals surface area contributed by atoms with Crippen LogP contribution in [0, 0.1) is 0 Å². The van der Waals surface area contributed by atoms with E-state index in [0.717, 1.165) is 25.9 Å². The third kappa shape index (κ3) is 3.41. The molecule has 8 heteroatoms. The fourth-order valence-corrected chi connectivity index (χ4v) is 4.02. The van der Waals surface area contributed by atoms with E-state index in [1.165, 1.54) is 0 Å². The molecule has 0 radical (unpaired) electrons. The highest BCUT2D eigenvalue weighted by Crippen LogP contribution is 2.35. The van der Waals surface area contributed by atoms with Crippen molar-refractivity contribution in [1.82, 2.24) is 14.9 Å². The number of amides is 1. The van der Waals surface area contributed by atoms with Gasteiger partial charge in [-0.3, -0.25) is 4.79 Å². The Balaban J connectivity index is 1.37. The highest BCUT2D eigenvalue weighted by atomic mass is 16.5. The number of ether oxygens (including phenoxy) is 2. The highest BCUT2D eigenvalue weighted by Gasteiger charge is 2.44. The lowest BCUT2D eigenvalue weighted by Crippen LogP contribution is -2.56. The molecule has 0 aromatic carbocycles. The van der Waals surface area contributed by atoms with Gasteiger partial charge in [-0.2, -0.15) is 0 Å². The molecule has 0 aliphatic carbocycles. The Kier molecular flexibility index (Phi) is 5.06. The van der Waals surface area contributed by atoms with Crippen molar-refractivity contribution in [3.63, 3.8) is 0 Å². The Morgan fingerprint density at radius 3 is 2.46 bits per heavy atom. The number of hydrogen-bond acceptors (Lipinski definition) is 7. The zero-order valence-corrected chi connectivity index (χ0v) is 15.0. The molecule has 4 heterocycles. The van der Waals surface area contributed by atoms with Crippen LogP contribution in [0.15, 0.2) is 12.4 Å². The number of anilines is 1. The second-order valence-electron chi connectivity index (χ2n) is 7.23. The molecule has 0 unspecified atom stereocenters. The molecule has 1 atom stereocenters.